The molecule has 0 saturated heterocycles. The topological polar surface area (TPSA) is 60.7 Å². The van der Waals surface area contributed by atoms with Crippen molar-refractivity contribution in [2.24, 2.45) is 17.8 Å². The summed E-state index contributed by atoms with van der Waals surface area (Å²) >= 11 is 0. The van der Waals surface area contributed by atoms with Crippen LogP contribution in [0.2, 0.25) is 0 Å². The maximum Gasteiger partial charge on any atom is 0.0462 e. The van der Waals surface area contributed by atoms with Crippen LogP contribution in [0.1, 0.15) is 12.8 Å². The predicted molar refractivity (Wildman–Crippen MR) is 45.3 cm³/mol. The van der Waals surface area contributed by atoms with E-state index in [1.165, 1.54) is 0 Å². The molecule has 0 aromatic rings. The lowest BCUT2D eigenvalue weighted by molar-refractivity contribution is 0.103. The highest BCUT2D eigenvalue weighted by Crippen LogP contribution is 2.31. The Morgan fingerprint density at radius 2 is 1.42 bits per heavy atom. The van der Waals surface area contributed by atoms with Crippen LogP contribution in [0.15, 0.2) is 0 Å². The Bertz CT molecular complexity index is 97.2. The second kappa shape index (κ2) is 4.80. The SMILES string of the molecule is OCC1[CH]C(CO)CC(CO)C1. The molecule has 1 aliphatic carbocycles. The third-order valence-electron chi connectivity index (χ3n) is 2.54. The molecule has 0 bridgehead atoms. The molecule has 0 aromatic carbocycles. The highest BCUT2D eigenvalue weighted by atomic mass is 16.3. The molecule has 2 atom stereocenters. The first-order chi connectivity index (χ1) is 5.80. The summed E-state index contributed by atoms with van der Waals surface area (Å²) in [5.41, 5.74) is 0. The summed E-state index contributed by atoms with van der Waals surface area (Å²) in [4.78, 5) is 0. The zero-order valence-electron chi connectivity index (χ0n) is 7.19. The van der Waals surface area contributed by atoms with Gasteiger partial charge < -0.3 is 15.3 Å². The van der Waals surface area contributed by atoms with E-state index < -0.39 is 0 Å². The van der Waals surface area contributed by atoms with Gasteiger partial charge in [-0.05, 0) is 37.0 Å². The van der Waals surface area contributed by atoms with E-state index in [-0.39, 0.29) is 37.6 Å². The summed E-state index contributed by atoms with van der Waals surface area (Å²) in [6.07, 6.45) is 3.71. The van der Waals surface area contributed by atoms with Crippen molar-refractivity contribution >= 4 is 0 Å². The van der Waals surface area contributed by atoms with E-state index in [1.54, 1.807) is 0 Å². The molecular formula is C9H17O3. The highest BCUT2D eigenvalue weighted by Gasteiger charge is 2.27. The fraction of sp³-hybridized carbons (Fsp3) is 0.889. The lowest BCUT2D eigenvalue weighted by Gasteiger charge is -2.31. The molecule has 12 heavy (non-hydrogen) atoms. The van der Waals surface area contributed by atoms with Crippen molar-refractivity contribution in [3.05, 3.63) is 6.42 Å². The first-order valence-electron chi connectivity index (χ1n) is 4.47. The van der Waals surface area contributed by atoms with Crippen LogP contribution in [0.25, 0.3) is 0 Å². The van der Waals surface area contributed by atoms with Gasteiger partial charge in [0.1, 0.15) is 0 Å². The zero-order valence-corrected chi connectivity index (χ0v) is 7.19. The van der Waals surface area contributed by atoms with Crippen molar-refractivity contribution in [2.45, 2.75) is 12.8 Å². The van der Waals surface area contributed by atoms with Gasteiger partial charge in [-0.25, -0.2) is 0 Å². The first kappa shape index (κ1) is 9.96. The van der Waals surface area contributed by atoms with Crippen molar-refractivity contribution < 1.29 is 15.3 Å². The van der Waals surface area contributed by atoms with E-state index in [4.69, 9.17) is 15.3 Å². The second-order valence-corrected chi connectivity index (χ2v) is 3.60. The smallest absolute Gasteiger partial charge is 0.0462 e. The predicted octanol–water partition coefficient (Wildman–Crippen LogP) is -0.190. The fourth-order valence-corrected chi connectivity index (χ4v) is 1.91. The van der Waals surface area contributed by atoms with E-state index in [1.807, 2.05) is 6.42 Å². The van der Waals surface area contributed by atoms with Gasteiger partial charge in [-0.1, -0.05) is 0 Å². The average Bonchev–Trinajstić information content (AvgIpc) is 2.16. The van der Waals surface area contributed by atoms with Gasteiger partial charge >= 0.3 is 0 Å². The largest absolute Gasteiger partial charge is 0.396 e. The minimum absolute atomic E-state index is 0.132. The first-order valence-corrected chi connectivity index (χ1v) is 4.47. The molecule has 0 aromatic heterocycles. The van der Waals surface area contributed by atoms with Crippen molar-refractivity contribution in [1.82, 2.24) is 0 Å². The highest BCUT2D eigenvalue weighted by molar-refractivity contribution is 4.90. The number of hydrogen-bond donors (Lipinski definition) is 3. The number of aliphatic hydroxyl groups excluding tert-OH is 3. The Labute approximate surface area is 73.0 Å². The monoisotopic (exact) mass is 173 g/mol. The minimum atomic E-state index is 0.132. The molecule has 3 nitrogen and oxygen atoms in total. The minimum Gasteiger partial charge on any atom is -0.396 e. The van der Waals surface area contributed by atoms with Gasteiger partial charge in [0.25, 0.3) is 0 Å². The maximum atomic E-state index is 8.94. The number of rotatable bonds is 3. The molecule has 2 unspecified atom stereocenters. The Morgan fingerprint density at radius 1 is 0.917 bits per heavy atom. The van der Waals surface area contributed by atoms with Crippen LogP contribution >= 0.6 is 0 Å². The zero-order chi connectivity index (χ0) is 8.97. The molecule has 3 N–H and O–H groups in total. The van der Waals surface area contributed by atoms with Gasteiger partial charge in [0.05, 0.1) is 0 Å². The average molecular weight is 173 g/mol. The Morgan fingerprint density at radius 3 is 1.75 bits per heavy atom. The van der Waals surface area contributed by atoms with Crippen LogP contribution in [-0.2, 0) is 0 Å². The van der Waals surface area contributed by atoms with E-state index in [0.717, 1.165) is 12.8 Å². The van der Waals surface area contributed by atoms with Gasteiger partial charge in [-0.3, -0.25) is 0 Å². The molecule has 1 aliphatic rings. The van der Waals surface area contributed by atoms with Gasteiger partial charge in [-0.15, -0.1) is 0 Å². The summed E-state index contributed by atoms with van der Waals surface area (Å²) < 4.78 is 0. The van der Waals surface area contributed by atoms with E-state index in [9.17, 15) is 0 Å². The lowest BCUT2D eigenvalue weighted by atomic mass is 9.76. The summed E-state index contributed by atoms with van der Waals surface area (Å²) in [5.74, 6) is 0.574. The summed E-state index contributed by atoms with van der Waals surface area (Å²) in [6, 6.07) is 0. The second-order valence-electron chi connectivity index (χ2n) is 3.60. The van der Waals surface area contributed by atoms with Crippen LogP contribution in [0.3, 0.4) is 0 Å². The van der Waals surface area contributed by atoms with Crippen molar-refractivity contribution in [1.29, 1.82) is 0 Å². The molecule has 0 heterocycles. The molecule has 0 amide bonds. The Hall–Kier alpha value is -0.120. The molecule has 71 valence electrons. The summed E-state index contributed by atoms with van der Waals surface area (Å²) in [5, 5.41) is 26.8. The fourth-order valence-electron chi connectivity index (χ4n) is 1.91. The summed E-state index contributed by atoms with van der Waals surface area (Å²) in [7, 11) is 0. The van der Waals surface area contributed by atoms with E-state index in [2.05, 4.69) is 0 Å². The molecule has 0 spiro atoms. The van der Waals surface area contributed by atoms with Crippen molar-refractivity contribution in [3.8, 4) is 0 Å². The quantitative estimate of drug-likeness (QED) is 0.554. The van der Waals surface area contributed by atoms with Gasteiger partial charge in [0, 0.05) is 19.8 Å². The Balaban J connectivity index is 2.41. The lowest BCUT2D eigenvalue weighted by Crippen LogP contribution is -2.29. The molecule has 3 heteroatoms. The third kappa shape index (κ3) is 2.44. The van der Waals surface area contributed by atoms with Crippen molar-refractivity contribution in [3.63, 3.8) is 0 Å². The van der Waals surface area contributed by atoms with Crippen LogP contribution in [-0.4, -0.2) is 35.1 Å². The number of aliphatic hydroxyl groups is 3. The van der Waals surface area contributed by atoms with Gasteiger partial charge in [0.2, 0.25) is 0 Å². The molecule has 1 radical (unpaired) electrons. The third-order valence-corrected chi connectivity index (χ3v) is 2.54. The molecule has 1 fully saturated rings. The van der Waals surface area contributed by atoms with Crippen LogP contribution < -0.4 is 0 Å². The van der Waals surface area contributed by atoms with Crippen LogP contribution in [0.5, 0.6) is 0 Å². The van der Waals surface area contributed by atoms with Crippen LogP contribution in [0.4, 0.5) is 0 Å². The van der Waals surface area contributed by atoms with Gasteiger partial charge in [0.15, 0.2) is 0 Å². The summed E-state index contributed by atoms with van der Waals surface area (Å²) in [6.45, 7) is 0.431. The van der Waals surface area contributed by atoms with E-state index >= 15 is 0 Å². The standard InChI is InChI=1S/C9H17O3/c10-4-7-1-8(5-11)3-9(2-7)6-12/h1,7-12H,2-6H2. The Kier molecular flexibility index (Phi) is 3.98. The van der Waals surface area contributed by atoms with Crippen molar-refractivity contribution in [2.75, 3.05) is 19.8 Å². The van der Waals surface area contributed by atoms with Gasteiger partial charge in [-0.2, -0.15) is 0 Å². The molecular weight excluding hydrogens is 156 g/mol. The normalized spacial score (nSPS) is 36.8. The van der Waals surface area contributed by atoms with E-state index in [0.29, 0.717) is 0 Å². The number of hydrogen-bond acceptors (Lipinski definition) is 3. The van der Waals surface area contributed by atoms with Crippen LogP contribution in [0, 0.1) is 24.2 Å². The molecule has 1 saturated carbocycles. The molecule has 0 aliphatic heterocycles. The maximum absolute atomic E-state index is 8.94. The molecule has 1 rings (SSSR count).